The number of rotatable bonds is 1. The fraction of sp³-hybridized carbons (Fsp3) is 0.100. The Kier molecular flexibility index (Phi) is 1.16. The van der Waals surface area contributed by atoms with Crippen LogP contribution >= 0.6 is 0 Å². The van der Waals surface area contributed by atoms with Crippen LogP contribution in [0.25, 0.3) is 17.0 Å². The maximum atomic E-state index is 12.5. The summed E-state index contributed by atoms with van der Waals surface area (Å²) in [7, 11) is 0. The molecule has 7 heteroatoms. The fourth-order valence-electron chi connectivity index (χ4n) is 1.41. The van der Waals surface area contributed by atoms with E-state index in [2.05, 4.69) is 25.6 Å². The van der Waals surface area contributed by atoms with Crippen molar-refractivity contribution in [3.63, 3.8) is 0 Å². The van der Waals surface area contributed by atoms with Gasteiger partial charge in [0.2, 0.25) is 5.82 Å². The van der Waals surface area contributed by atoms with E-state index in [0.717, 1.165) is 16.7 Å². The lowest BCUT2D eigenvalue weighted by Gasteiger charge is -2.03. The normalized spacial score (nSPS) is 15.9. The summed E-state index contributed by atoms with van der Waals surface area (Å²) >= 11 is 0. The highest BCUT2D eigenvalue weighted by molar-refractivity contribution is 5.55. The second kappa shape index (κ2) is 3.48. The second-order valence-electron chi connectivity index (χ2n) is 3.16. The molecule has 0 aliphatic carbocycles. The molecule has 84 valence electrons. The highest BCUT2D eigenvalue weighted by Gasteiger charge is 2.11. The van der Waals surface area contributed by atoms with Gasteiger partial charge < -0.3 is 0 Å². The van der Waals surface area contributed by atoms with Crippen molar-refractivity contribution in [1.29, 1.82) is 0 Å². The molecule has 0 atom stereocenters. The molecule has 0 aliphatic heterocycles. The first-order valence-corrected chi connectivity index (χ1v) is 4.57. The smallest absolute Gasteiger partial charge is 0.268 e. The first kappa shape index (κ1) is 5.67. The molecule has 0 spiro atoms. The number of H-pyrrole nitrogens is 1. The number of hydrogen-bond donors (Lipinski definition) is 1. The minimum absolute atomic E-state index is 0.0170. The summed E-state index contributed by atoms with van der Waals surface area (Å²) in [6.07, 6.45) is 0.757. The molecule has 3 aromatic heterocycles. The molecule has 7 nitrogen and oxygen atoms in total. The number of nitrogens with zero attached hydrogens (tertiary/aromatic N) is 5. The summed E-state index contributed by atoms with van der Waals surface area (Å²) in [5.74, 6) is -0.0170. The zero-order valence-electron chi connectivity index (χ0n) is 13.3. The number of hydrogen-bond acceptors (Lipinski definition) is 5. The number of pyridine rings is 1. The summed E-state index contributed by atoms with van der Waals surface area (Å²) in [5.41, 5.74) is -1.38. The fourth-order valence-corrected chi connectivity index (χ4v) is 1.41. The third-order valence-corrected chi connectivity index (χ3v) is 2.18. The molecule has 0 saturated carbocycles. The van der Waals surface area contributed by atoms with Crippen molar-refractivity contribution in [3.05, 3.63) is 40.4 Å². The molecule has 17 heavy (non-hydrogen) atoms. The second-order valence-corrected chi connectivity index (χ2v) is 3.16. The number of fused-ring (bicyclic) bond motifs is 1. The van der Waals surface area contributed by atoms with E-state index in [1.807, 2.05) is 0 Å². The lowest BCUT2D eigenvalue weighted by molar-refractivity contribution is 0.881. The zero-order chi connectivity index (χ0) is 16.1. The lowest BCUT2D eigenvalue weighted by atomic mass is 10.2. The number of tetrazole rings is 1. The standard InChI is InChI=1S/C10H8N6O/c1-6-3-2-4-16-9(6)11-5-7(10(16)17)8-12-14-15-13-8/h2-5H,1H3,(H,12,13,14,15)/i1D3,3D,4D. The van der Waals surface area contributed by atoms with Gasteiger partial charge in [0.15, 0.2) is 0 Å². The molecule has 0 saturated heterocycles. The van der Waals surface area contributed by atoms with Crippen LogP contribution in [0.3, 0.4) is 0 Å². The summed E-state index contributed by atoms with van der Waals surface area (Å²) in [6, 6.07) is 0.613. The average molecular weight is 233 g/mol. The third-order valence-electron chi connectivity index (χ3n) is 2.18. The maximum Gasteiger partial charge on any atom is 0.269 e. The minimum Gasteiger partial charge on any atom is -0.268 e. The molecular formula is C10H8N6O. The topological polar surface area (TPSA) is 88.8 Å². The minimum atomic E-state index is -2.64. The predicted octanol–water partition coefficient (Wildman–Crippen LogP) is 0.183. The van der Waals surface area contributed by atoms with Crippen molar-refractivity contribution in [2.45, 2.75) is 6.85 Å². The van der Waals surface area contributed by atoms with Gasteiger partial charge in [0.25, 0.3) is 5.56 Å². The number of nitrogens with one attached hydrogen (secondary N) is 1. The van der Waals surface area contributed by atoms with Crippen molar-refractivity contribution in [2.75, 3.05) is 0 Å². The van der Waals surface area contributed by atoms with Gasteiger partial charge in [-0.25, -0.2) is 4.98 Å². The van der Waals surface area contributed by atoms with Crippen LogP contribution in [0.5, 0.6) is 0 Å². The van der Waals surface area contributed by atoms with E-state index in [9.17, 15) is 4.79 Å². The highest BCUT2D eigenvalue weighted by Crippen LogP contribution is 2.09. The van der Waals surface area contributed by atoms with Crippen molar-refractivity contribution in [1.82, 2.24) is 30.0 Å². The Morgan fingerprint density at radius 1 is 1.59 bits per heavy atom. The Labute approximate surface area is 102 Å². The SMILES string of the molecule is [2H]c1cc([2H])n2c(=O)c(-c3nn[nH]n3)cnc2c1C([2H])([2H])[2H]. The average Bonchev–Trinajstić information content (AvgIpc) is 2.90. The van der Waals surface area contributed by atoms with Crippen molar-refractivity contribution in [2.24, 2.45) is 0 Å². The van der Waals surface area contributed by atoms with Crippen LogP contribution in [0.2, 0.25) is 0 Å². The molecule has 3 rings (SSSR count). The summed E-state index contributed by atoms with van der Waals surface area (Å²) < 4.78 is 38.8. The van der Waals surface area contributed by atoms with Crippen LogP contribution in [-0.4, -0.2) is 30.0 Å². The van der Waals surface area contributed by atoms with E-state index in [1.165, 1.54) is 0 Å². The van der Waals surface area contributed by atoms with Gasteiger partial charge in [-0.15, -0.1) is 10.2 Å². The van der Waals surface area contributed by atoms with Crippen LogP contribution in [0.15, 0.2) is 29.3 Å². The van der Waals surface area contributed by atoms with Gasteiger partial charge in [-0.2, -0.15) is 5.21 Å². The first-order chi connectivity index (χ1) is 10.3. The number of aromatic amines is 1. The van der Waals surface area contributed by atoms with Crippen molar-refractivity contribution >= 4 is 5.65 Å². The van der Waals surface area contributed by atoms with Gasteiger partial charge in [-0.05, 0) is 23.7 Å². The van der Waals surface area contributed by atoms with Gasteiger partial charge in [-0.3, -0.25) is 9.20 Å². The van der Waals surface area contributed by atoms with E-state index in [1.54, 1.807) is 0 Å². The van der Waals surface area contributed by atoms with Gasteiger partial charge in [-0.1, -0.05) is 6.04 Å². The van der Waals surface area contributed by atoms with Gasteiger partial charge in [0.05, 0.1) is 2.74 Å². The molecule has 0 aromatic carbocycles. The predicted molar refractivity (Wildman–Crippen MR) is 59.4 cm³/mol. The Balaban J connectivity index is 2.45. The Hall–Kier alpha value is -2.57. The third kappa shape index (κ3) is 1.40. The summed E-state index contributed by atoms with van der Waals surface area (Å²) in [5, 5.41) is 12.8. The Morgan fingerprint density at radius 3 is 3.29 bits per heavy atom. The molecule has 3 aromatic rings. The molecule has 0 fully saturated rings. The molecule has 0 amide bonds. The van der Waals surface area contributed by atoms with Crippen LogP contribution in [-0.2, 0) is 0 Å². The van der Waals surface area contributed by atoms with Crippen LogP contribution in [0, 0.1) is 6.85 Å². The first-order valence-electron chi connectivity index (χ1n) is 7.07. The molecule has 0 aliphatic rings. The quantitative estimate of drug-likeness (QED) is 0.647. The molecular weight excluding hydrogens is 220 g/mol. The molecule has 0 radical (unpaired) electrons. The van der Waals surface area contributed by atoms with Gasteiger partial charge in [0.1, 0.15) is 11.2 Å². The zero-order valence-corrected chi connectivity index (χ0v) is 8.30. The van der Waals surface area contributed by atoms with Crippen LogP contribution in [0.1, 0.15) is 12.4 Å². The van der Waals surface area contributed by atoms with Crippen molar-refractivity contribution < 1.29 is 6.85 Å². The summed E-state index contributed by atoms with van der Waals surface area (Å²) in [6.45, 7) is -2.64. The van der Waals surface area contributed by atoms with Crippen LogP contribution in [0.4, 0.5) is 0 Å². The Bertz CT molecular complexity index is 916. The van der Waals surface area contributed by atoms with E-state index in [-0.39, 0.29) is 34.8 Å². The molecule has 0 unspecified atom stereocenters. The monoisotopic (exact) mass is 233 g/mol. The molecule has 0 bridgehead atoms. The van der Waals surface area contributed by atoms with Gasteiger partial charge in [0, 0.05) is 16.5 Å². The van der Waals surface area contributed by atoms with E-state index in [4.69, 9.17) is 6.85 Å². The number of aromatic nitrogens is 6. The summed E-state index contributed by atoms with van der Waals surface area (Å²) in [4.78, 5) is 16.4. The van der Waals surface area contributed by atoms with E-state index in [0.29, 0.717) is 0 Å². The molecule has 3 heterocycles. The number of aryl methyl sites for hydroxylation is 1. The highest BCUT2D eigenvalue weighted by atomic mass is 16.1. The van der Waals surface area contributed by atoms with E-state index >= 15 is 0 Å². The van der Waals surface area contributed by atoms with E-state index < -0.39 is 12.4 Å². The van der Waals surface area contributed by atoms with Crippen molar-refractivity contribution in [3.8, 4) is 11.4 Å². The lowest BCUT2D eigenvalue weighted by Crippen LogP contribution is -2.17. The van der Waals surface area contributed by atoms with Gasteiger partial charge >= 0.3 is 0 Å². The largest absolute Gasteiger partial charge is 0.269 e. The molecule has 1 N–H and O–H groups in total. The Morgan fingerprint density at radius 2 is 2.53 bits per heavy atom. The van der Waals surface area contributed by atoms with Crippen LogP contribution < -0.4 is 5.56 Å². The maximum absolute atomic E-state index is 12.5.